The lowest BCUT2D eigenvalue weighted by Gasteiger charge is -2.53. The Morgan fingerprint density at radius 2 is 1.86 bits per heavy atom. The van der Waals surface area contributed by atoms with Crippen LogP contribution < -0.4 is 0 Å². The van der Waals surface area contributed by atoms with E-state index in [4.69, 9.17) is 9.47 Å². The first-order valence-corrected chi connectivity index (χ1v) is 10.4. The van der Waals surface area contributed by atoms with Crippen LogP contribution in [0.5, 0.6) is 0 Å². The van der Waals surface area contributed by atoms with Gasteiger partial charge in [0.05, 0.1) is 17.8 Å². The first-order valence-electron chi connectivity index (χ1n) is 10.4. The van der Waals surface area contributed by atoms with Crippen molar-refractivity contribution < 1.29 is 35.0 Å². The zero-order valence-corrected chi connectivity index (χ0v) is 17.3. The van der Waals surface area contributed by atoms with E-state index in [2.05, 4.69) is 13.0 Å². The van der Waals surface area contributed by atoms with E-state index in [-0.39, 0.29) is 17.8 Å². The van der Waals surface area contributed by atoms with E-state index in [0.717, 1.165) is 19.3 Å². The lowest BCUT2D eigenvalue weighted by molar-refractivity contribution is -0.332. The van der Waals surface area contributed by atoms with Gasteiger partial charge in [-0.2, -0.15) is 0 Å². The van der Waals surface area contributed by atoms with Gasteiger partial charge in [0.1, 0.15) is 24.4 Å². The van der Waals surface area contributed by atoms with Crippen LogP contribution in [0.1, 0.15) is 53.4 Å². The SMILES string of the molecule is CC1=C[C@H]2[C@H](C(C)(C)O[C@@H]3O[C@H](CO)[C@@H](O)[C@H](O)[C@H]3O)CC[C@](C)(O)[C@H]2CC1. The minimum absolute atomic E-state index is 0.0975. The molecule has 7 heteroatoms. The van der Waals surface area contributed by atoms with E-state index in [1.54, 1.807) is 0 Å². The predicted molar refractivity (Wildman–Crippen MR) is 102 cm³/mol. The summed E-state index contributed by atoms with van der Waals surface area (Å²) in [6.45, 7) is 7.43. The average Bonchev–Trinajstić information content (AvgIpc) is 2.61. The van der Waals surface area contributed by atoms with Gasteiger partial charge in [-0.1, -0.05) is 11.6 Å². The fourth-order valence-electron chi connectivity index (χ4n) is 5.41. The smallest absolute Gasteiger partial charge is 0.187 e. The molecule has 162 valence electrons. The molecular formula is C21H36O7. The molecule has 3 rings (SSSR count). The standard InChI is InChI=1S/C21H36O7/c1-11-5-6-14-12(9-11)13(7-8-21(14,4)26)20(2,3)28-19-18(25)17(24)16(23)15(10-22)27-19/h9,12-19,22-26H,5-8,10H2,1-4H3/t12-,13+,14-,15+,16+,17-,18+,19-,21-/m0/s1. The Hall–Kier alpha value is -0.540. The van der Waals surface area contributed by atoms with E-state index in [1.807, 2.05) is 20.8 Å². The van der Waals surface area contributed by atoms with Crippen LogP contribution in [0.4, 0.5) is 0 Å². The molecule has 1 saturated carbocycles. The van der Waals surface area contributed by atoms with Crippen molar-refractivity contribution in [1.82, 2.24) is 0 Å². The first kappa shape index (κ1) is 22.2. The number of hydrogen-bond donors (Lipinski definition) is 5. The van der Waals surface area contributed by atoms with Gasteiger partial charge < -0.3 is 35.0 Å². The van der Waals surface area contributed by atoms with Crippen molar-refractivity contribution in [1.29, 1.82) is 0 Å². The first-order chi connectivity index (χ1) is 13.0. The quantitative estimate of drug-likeness (QED) is 0.441. The largest absolute Gasteiger partial charge is 0.394 e. The number of fused-ring (bicyclic) bond motifs is 1. The maximum atomic E-state index is 10.9. The summed E-state index contributed by atoms with van der Waals surface area (Å²) in [6, 6.07) is 0. The van der Waals surface area contributed by atoms with Crippen LogP contribution in [-0.4, -0.2) is 74.0 Å². The highest BCUT2D eigenvalue weighted by Crippen LogP contribution is 2.51. The molecule has 0 unspecified atom stereocenters. The third-order valence-electron chi connectivity index (χ3n) is 7.18. The molecule has 0 aromatic rings. The van der Waals surface area contributed by atoms with Crippen LogP contribution in [0, 0.1) is 17.8 Å². The molecular weight excluding hydrogens is 364 g/mol. The highest BCUT2D eigenvalue weighted by molar-refractivity contribution is 5.15. The second-order valence-corrected chi connectivity index (χ2v) is 9.66. The number of ether oxygens (including phenoxy) is 2. The Morgan fingerprint density at radius 3 is 2.50 bits per heavy atom. The molecule has 0 amide bonds. The lowest BCUT2D eigenvalue weighted by Crippen LogP contribution is -2.61. The number of rotatable bonds is 4. The Balaban J connectivity index is 1.81. The highest BCUT2D eigenvalue weighted by Gasteiger charge is 2.52. The van der Waals surface area contributed by atoms with Crippen molar-refractivity contribution in [2.24, 2.45) is 17.8 Å². The lowest BCUT2D eigenvalue weighted by atomic mass is 9.57. The number of hydrogen-bond acceptors (Lipinski definition) is 7. The van der Waals surface area contributed by atoms with Crippen molar-refractivity contribution in [3.05, 3.63) is 11.6 Å². The van der Waals surface area contributed by atoms with Crippen molar-refractivity contribution in [2.75, 3.05) is 6.61 Å². The van der Waals surface area contributed by atoms with Crippen molar-refractivity contribution in [3.8, 4) is 0 Å². The van der Waals surface area contributed by atoms with Gasteiger partial charge in [-0.25, -0.2) is 0 Å². The summed E-state index contributed by atoms with van der Waals surface area (Å²) in [7, 11) is 0. The van der Waals surface area contributed by atoms with E-state index < -0.39 is 48.5 Å². The Morgan fingerprint density at radius 1 is 1.18 bits per heavy atom. The maximum Gasteiger partial charge on any atom is 0.187 e. The van der Waals surface area contributed by atoms with Crippen molar-refractivity contribution in [2.45, 2.75) is 95.3 Å². The molecule has 0 aromatic heterocycles. The summed E-state index contributed by atoms with van der Waals surface area (Å²) in [5, 5.41) is 50.7. The average molecular weight is 401 g/mol. The second kappa shape index (κ2) is 7.95. The van der Waals surface area contributed by atoms with Gasteiger partial charge in [-0.05, 0) is 71.1 Å². The molecule has 28 heavy (non-hydrogen) atoms. The van der Waals surface area contributed by atoms with Gasteiger partial charge in [-0.3, -0.25) is 0 Å². The zero-order valence-electron chi connectivity index (χ0n) is 17.3. The Labute approximate surface area is 167 Å². The van der Waals surface area contributed by atoms with Crippen molar-refractivity contribution >= 4 is 0 Å². The van der Waals surface area contributed by atoms with Gasteiger partial charge in [0.15, 0.2) is 6.29 Å². The van der Waals surface area contributed by atoms with Gasteiger partial charge in [-0.15, -0.1) is 0 Å². The summed E-state index contributed by atoms with van der Waals surface area (Å²) < 4.78 is 11.7. The molecule has 1 heterocycles. The molecule has 9 atom stereocenters. The third-order valence-corrected chi connectivity index (χ3v) is 7.18. The van der Waals surface area contributed by atoms with E-state index in [1.165, 1.54) is 5.57 Å². The van der Waals surface area contributed by atoms with Crippen molar-refractivity contribution in [3.63, 3.8) is 0 Å². The Kier molecular flexibility index (Phi) is 6.29. The third kappa shape index (κ3) is 4.03. The molecule has 1 saturated heterocycles. The van der Waals surface area contributed by atoms with E-state index in [0.29, 0.717) is 6.42 Å². The molecule has 0 radical (unpaired) electrons. The molecule has 3 aliphatic rings. The number of aliphatic hydroxyl groups excluding tert-OH is 4. The molecule has 7 nitrogen and oxygen atoms in total. The molecule has 2 aliphatic carbocycles. The molecule has 5 N–H and O–H groups in total. The molecule has 0 bridgehead atoms. The van der Waals surface area contributed by atoms with Crippen LogP contribution in [0.15, 0.2) is 11.6 Å². The topological polar surface area (TPSA) is 120 Å². The van der Waals surface area contributed by atoms with Crippen LogP contribution in [-0.2, 0) is 9.47 Å². The minimum atomic E-state index is -1.46. The van der Waals surface area contributed by atoms with Crippen LogP contribution >= 0.6 is 0 Å². The van der Waals surface area contributed by atoms with Crippen LogP contribution in [0.3, 0.4) is 0 Å². The fraction of sp³-hybridized carbons (Fsp3) is 0.905. The minimum Gasteiger partial charge on any atom is -0.394 e. The summed E-state index contributed by atoms with van der Waals surface area (Å²) in [5.74, 6) is 0.394. The summed E-state index contributed by atoms with van der Waals surface area (Å²) >= 11 is 0. The molecule has 2 fully saturated rings. The monoisotopic (exact) mass is 400 g/mol. The van der Waals surface area contributed by atoms with Gasteiger partial charge in [0, 0.05) is 0 Å². The van der Waals surface area contributed by atoms with E-state index in [9.17, 15) is 25.5 Å². The summed E-state index contributed by atoms with van der Waals surface area (Å²) in [4.78, 5) is 0. The molecule has 0 aromatic carbocycles. The molecule has 1 aliphatic heterocycles. The zero-order chi connectivity index (χ0) is 20.9. The molecule has 0 spiro atoms. The normalized spacial score (nSPS) is 47.4. The van der Waals surface area contributed by atoms with Gasteiger partial charge in [0.2, 0.25) is 0 Å². The number of allylic oxidation sites excluding steroid dienone is 2. The fourth-order valence-corrected chi connectivity index (χ4v) is 5.41. The maximum absolute atomic E-state index is 10.9. The van der Waals surface area contributed by atoms with Crippen LogP contribution in [0.25, 0.3) is 0 Å². The Bertz CT molecular complexity index is 585. The summed E-state index contributed by atoms with van der Waals surface area (Å²) in [5.41, 5.74) is -0.105. The van der Waals surface area contributed by atoms with Crippen LogP contribution in [0.2, 0.25) is 0 Å². The van der Waals surface area contributed by atoms with E-state index >= 15 is 0 Å². The number of aliphatic hydroxyl groups is 5. The van der Waals surface area contributed by atoms with Gasteiger partial charge >= 0.3 is 0 Å². The van der Waals surface area contributed by atoms with Gasteiger partial charge in [0.25, 0.3) is 0 Å². The predicted octanol–water partition coefficient (Wildman–Crippen LogP) is 0.715. The highest BCUT2D eigenvalue weighted by atomic mass is 16.7. The summed E-state index contributed by atoms with van der Waals surface area (Å²) in [6.07, 6.45) is -0.797. The second-order valence-electron chi connectivity index (χ2n) is 9.66.